The third-order valence-corrected chi connectivity index (χ3v) is 5.35. The molecule has 1 aromatic rings. The standard InChI is InChI=1S/C12H15NO5S/c1-16-9-2-4-10(5-3-9)19(14,15)13-11-6-17-8-18-7-12(11)13/h2-5,11-12H,6-8H2,1H3/t11-,12+,13?. The third kappa shape index (κ3) is 2.23. The molecule has 3 rings (SSSR count). The molecule has 0 N–H and O–H groups in total. The first-order valence-corrected chi connectivity index (χ1v) is 7.41. The van der Waals surface area contributed by atoms with Crippen molar-refractivity contribution in [2.24, 2.45) is 0 Å². The second-order valence-corrected chi connectivity index (χ2v) is 6.35. The van der Waals surface area contributed by atoms with Gasteiger partial charge in [-0.1, -0.05) is 0 Å². The Morgan fingerprint density at radius 2 is 1.74 bits per heavy atom. The van der Waals surface area contributed by atoms with Gasteiger partial charge in [-0.15, -0.1) is 0 Å². The summed E-state index contributed by atoms with van der Waals surface area (Å²) in [5.74, 6) is 0.630. The van der Waals surface area contributed by atoms with Gasteiger partial charge in [0.05, 0.1) is 37.3 Å². The topological polar surface area (TPSA) is 64.8 Å². The van der Waals surface area contributed by atoms with Gasteiger partial charge in [0.25, 0.3) is 0 Å². The Bertz CT molecular complexity index is 544. The zero-order valence-electron chi connectivity index (χ0n) is 10.5. The molecule has 0 amide bonds. The number of benzene rings is 1. The largest absolute Gasteiger partial charge is 0.497 e. The minimum atomic E-state index is -3.47. The number of methoxy groups -OCH3 is 1. The van der Waals surface area contributed by atoms with Gasteiger partial charge in [-0.3, -0.25) is 0 Å². The Balaban J connectivity index is 1.83. The van der Waals surface area contributed by atoms with Crippen LogP contribution in [0.5, 0.6) is 5.75 Å². The van der Waals surface area contributed by atoms with E-state index in [1.807, 2.05) is 0 Å². The van der Waals surface area contributed by atoms with Crippen LogP contribution in [0.25, 0.3) is 0 Å². The molecule has 0 bridgehead atoms. The highest BCUT2D eigenvalue weighted by atomic mass is 32.2. The zero-order chi connectivity index (χ0) is 13.5. The molecule has 1 unspecified atom stereocenters. The average Bonchev–Trinajstić information content (AvgIpc) is 3.14. The van der Waals surface area contributed by atoms with Gasteiger partial charge in [0.1, 0.15) is 12.5 Å². The van der Waals surface area contributed by atoms with E-state index in [1.165, 1.54) is 4.31 Å². The maximum Gasteiger partial charge on any atom is 0.243 e. The quantitative estimate of drug-likeness (QED) is 0.754. The molecular weight excluding hydrogens is 270 g/mol. The molecule has 0 radical (unpaired) electrons. The third-order valence-electron chi connectivity index (χ3n) is 3.39. The number of ether oxygens (including phenoxy) is 3. The molecule has 0 saturated carbocycles. The Hall–Kier alpha value is -1.15. The summed E-state index contributed by atoms with van der Waals surface area (Å²) in [4.78, 5) is 0.265. The predicted molar refractivity (Wildman–Crippen MR) is 66.4 cm³/mol. The normalized spacial score (nSPS) is 30.3. The zero-order valence-corrected chi connectivity index (χ0v) is 11.3. The number of hydrogen-bond donors (Lipinski definition) is 0. The molecule has 3 atom stereocenters. The van der Waals surface area contributed by atoms with E-state index in [-0.39, 0.29) is 23.8 Å². The van der Waals surface area contributed by atoms with E-state index in [0.29, 0.717) is 19.0 Å². The Kier molecular flexibility index (Phi) is 3.22. The van der Waals surface area contributed by atoms with Gasteiger partial charge >= 0.3 is 0 Å². The van der Waals surface area contributed by atoms with Crippen LogP contribution >= 0.6 is 0 Å². The first kappa shape index (κ1) is 12.9. The van der Waals surface area contributed by atoms with E-state index in [2.05, 4.69) is 0 Å². The Labute approximate surface area is 111 Å². The van der Waals surface area contributed by atoms with Crippen LogP contribution in [0.3, 0.4) is 0 Å². The van der Waals surface area contributed by atoms with Crippen LogP contribution in [-0.4, -0.2) is 51.9 Å². The van der Waals surface area contributed by atoms with Crippen molar-refractivity contribution in [1.29, 1.82) is 0 Å². The number of fused-ring (bicyclic) bond motifs is 1. The summed E-state index contributed by atoms with van der Waals surface area (Å²) in [6.45, 7) is 1.02. The van der Waals surface area contributed by atoms with Gasteiger partial charge in [-0.2, -0.15) is 4.31 Å². The van der Waals surface area contributed by atoms with E-state index < -0.39 is 10.0 Å². The summed E-state index contributed by atoms with van der Waals surface area (Å²) in [5, 5.41) is 0. The van der Waals surface area contributed by atoms with Crippen LogP contribution in [0.1, 0.15) is 0 Å². The smallest absolute Gasteiger partial charge is 0.243 e. The van der Waals surface area contributed by atoms with Gasteiger partial charge in [0.15, 0.2) is 0 Å². The molecule has 0 spiro atoms. The van der Waals surface area contributed by atoms with Crippen molar-refractivity contribution in [2.45, 2.75) is 17.0 Å². The highest BCUT2D eigenvalue weighted by Crippen LogP contribution is 2.37. The van der Waals surface area contributed by atoms with Crippen LogP contribution in [0, 0.1) is 0 Å². The van der Waals surface area contributed by atoms with Gasteiger partial charge in [0.2, 0.25) is 10.0 Å². The van der Waals surface area contributed by atoms with E-state index in [4.69, 9.17) is 14.2 Å². The van der Waals surface area contributed by atoms with Gasteiger partial charge in [-0.25, -0.2) is 8.42 Å². The van der Waals surface area contributed by atoms with E-state index in [1.54, 1.807) is 31.4 Å². The number of rotatable bonds is 3. The van der Waals surface area contributed by atoms with Crippen LogP contribution in [0.2, 0.25) is 0 Å². The second kappa shape index (κ2) is 4.75. The van der Waals surface area contributed by atoms with Gasteiger partial charge < -0.3 is 14.2 Å². The summed E-state index contributed by atoms with van der Waals surface area (Å²) in [5.41, 5.74) is 0. The molecule has 2 heterocycles. The molecule has 2 aliphatic heterocycles. The van der Waals surface area contributed by atoms with E-state index in [0.717, 1.165) is 0 Å². The molecule has 2 aliphatic rings. The number of hydrogen-bond acceptors (Lipinski definition) is 5. The van der Waals surface area contributed by atoms with Crippen LogP contribution < -0.4 is 4.74 Å². The van der Waals surface area contributed by atoms with Crippen molar-refractivity contribution in [1.82, 2.24) is 4.31 Å². The summed E-state index contributed by atoms with van der Waals surface area (Å²) >= 11 is 0. The fourth-order valence-electron chi connectivity index (χ4n) is 2.30. The molecule has 2 fully saturated rings. The predicted octanol–water partition coefficient (Wildman–Crippen LogP) is 0.441. The summed E-state index contributed by atoms with van der Waals surface area (Å²) in [6.07, 6.45) is 0. The minimum absolute atomic E-state index is 0.102. The van der Waals surface area contributed by atoms with E-state index in [9.17, 15) is 8.42 Å². The Morgan fingerprint density at radius 1 is 1.16 bits per heavy atom. The maximum atomic E-state index is 12.4. The summed E-state index contributed by atoms with van der Waals surface area (Å²) < 4.78 is 41.8. The molecule has 0 aromatic heterocycles. The summed E-state index contributed by atoms with van der Waals surface area (Å²) in [6, 6.07) is 6.17. The van der Waals surface area contributed by atoms with Crippen molar-refractivity contribution in [3.8, 4) is 5.75 Å². The van der Waals surface area contributed by atoms with Gasteiger partial charge in [-0.05, 0) is 24.3 Å². The molecule has 0 aliphatic carbocycles. The maximum absolute atomic E-state index is 12.4. The van der Waals surface area contributed by atoms with Crippen LogP contribution in [0.15, 0.2) is 29.2 Å². The molecule has 6 nitrogen and oxygen atoms in total. The first-order valence-electron chi connectivity index (χ1n) is 5.97. The molecule has 19 heavy (non-hydrogen) atoms. The van der Waals surface area contributed by atoms with Crippen molar-refractivity contribution < 1.29 is 22.6 Å². The Morgan fingerprint density at radius 3 is 2.26 bits per heavy atom. The summed E-state index contributed by atoms with van der Waals surface area (Å²) in [7, 11) is -1.93. The first-order chi connectivity index (χ1) is 9.14. The van der Waals surface area contributed by atoms with Crippen molar-refractivity contribution in [3.05, 3.63) is 24.3 Å². The molecule has 1 aromatic carbocycles. The molecule has 2 saturated heterocycles. The lowest BCUT2D eigenvalue weighted by Gasteiger charge is -2.10. The van der Waals surface area contributed by atoms with Gasteiger partial charge in [0, 0.05) is 0 Å². The lowest BCUT2D eigenvalue weighted by molar-refractivity contribution is -0.0436. The lowest BCUT2D eigenvalue weighted by atomic mass is 10.3. The van der Waals surface area contributed by atoms with Crippen LogP contribution in [-0.2, 0) is 19.5 Å². The fourth-order valence-corrected chi connectivity index (χ4v) is 4.09. The van der Waals surface area contributed by atoms with Crippen LogP contribution in [0.4, 0.5) is 0 Å². The highest BCUT2D eigenvalue weighted by molar-refractivity contribution is 7.89. The minimum Gasteiger partial charge on any atom is -0.497 e. The molecule has 7 heteroatoms. The highest BCUT2D eigenvalue weighted by Gasteiger charge is 2.56. The lowest BCUT2D eigenvalue weighted by Crippen LogP contribution is -2.20. The second-order valence-electron chi connectivity index (χ2n) is 4.50. The number of sulfonamides is 1. The molecular formula is C12H15NO5S. The molecule has 104 valence electrons. The fraction of sp³-hybridized carbons (Fsp3) is 0.500. The van der Waals surface area contributed by atoms with Crippen molar-refractivity contribution in [2.75, 3.05) is 27.1 Å². The SMILES string of the molecule is COc1ccc(S(=O)(=O)N2[C@@H]3COCOC[C@@H]32)cc1. The van der Waals surface area contributed by atoms with Crippen molar-refractivity contribution in [3.63, 3.8) is 0 Å². The monoisotopic (exact) mass is 285 g/mol. The van der Waals surface area contributed by atoms with Crippen molar-refractivity contribution >= 4 is 10.0 Å². The average molecular weight is 285 g/mol. The number of nitrogens with zero attached hydrogens (tertiary/aromatic N) is 1. The van der Waals surface area contributed by atoms with E-state index >= 15 is 0 Å².